The van der Waals surface area contributed by atoms with Crippen LogP contribution in [-0.2, 0) is 28.6 Å². The lowest BCUT2D eigenvalue weighted by atomic mass is 10.1. The van der Waals surface area contributed by atoms with Gasteiger partial charge in [0.25, 0.3) is 5.91 Å². The maximum Gasteiger partial charge on any atom is 0.534 e. The Morgan fingerprint density at radius 1 is 1.36 bits per heavy atom. The fourth-order valence-corrected chi connectivity index (χ4v) is 3.03. The molecule has 0 aromatic heterocycles. The number of carbonyl (C=O) groups excluding carboxylic acids is 2. The van der Waals surface area contributed by atoms with Crippen LogP contribution in [0.1, 0.15) is 19.3 Å². The van der Waals surface area contributed by atoms with Crippen molar-refractivity contribution in [3.63, 3.8) is 0 Å². The standard InChI is InChI=1S/C11H12F3NO6S/c1-20-10(17)8-3-2-6-4-7(5-9(16)15(6)8)21-22(18,19)11(12,13)14/h5-6,8H,2-4H2,1H3. The number of rotatable bonds is 3. The number of esters is 1. The third-order valence-electron chi connectivity index (χ3n) is 3.45. The number of fused-ring (bicyclic) bond motifs is 1. The number of hydrogen-bond acceptors (Lipinski definition) is 6. The summed E-state index contributed by atoms with van der Waals surface area (Å²) in [7, 11) is -4.66. The van der Waals surface area contributed by atoms with Crippen LogP contribution in [0.3, 0.4) is 0 Å². The average molecular weight is 343 g/mol. The van der Waals surface area contributed by atoms with Crippen molar-refractivity contribution in [3.8, 4) is 0 Å². The van der Waals surface area contributed by atoms with Gasteiger partial charge >= 0.3 is 21.6 Å². The van der Waals surface area contributed by atoms with Gasteiger partial charge in [-0.1, -0.05) is 0 Å². The van der Waals surface area contributed by atoms with Crippen molar-refractivity contribution in [2.75, 3.05) is 7.11 Å². The summed E-state index contributed by atoms with van der Waals surface area (Å²) >= 11 is 0. The molecular weight excluding hydrogens is 331 g/mol. The first-order valence-corrected chi connectivity index (χ1v) is 7.59. The Hall–Kier alpha value is -1.78. The van der Waals surface area contributed by atoms with Crippen molar-refractivity contribution in [1.29, 1.82) is 0 Å². The van der Waals surface area contributed by atoms with Crippen LogP contribution in [0.25, 0.3) is 0 Å². The maximum atomic E-state index is 12.3. The zero-order chi connectivity index (χ0) is 16.7. The smallest absolute Gasteiger partial charge is 0.467 e. The van der Waals surface area contributed by atoms with Crippen molar-refractivity contribution in [3.05, 3.63) is 11.8 Å². The van der Waals surface area contributed by atoms with E-state index in [0.29, 0.717) is 12.5 Å². The molecule has 11 heteroatoms. The number of halogens is 3. The Bertz CT molecular complexity index is 626. The second-order valence-electron chi connectivity index (χ2n) is 4.81. The van der Waals surface area contributed by atoms with Crippen molar-refractivity contribution in [2.24, 2.45) is 0 Å². The van der Waals surface area contributed by atoms with E-state index in [9.17, 15) is 31.2 Å². The second kappa shape index (κ2) is 5.45. The number of methoxy groups -OCH3 is 1. The first-order chi connectivity index (χ1) is 10.1. The summed E-state index contributed by atoms with van der Waals surface area (Å²) in [5.74, 6) is -2.00. The third-order valence-corrected chi connectivity index (χ3v) is 4.45. The van der Waals surface area contributed by atoms with Gasteiger partial charge in [-0.2, -0.15) is 21.6 Å². The monoisotopic (exact) mass is 343 g/mol. The van der Waals surface area contributed by atoms with E-state index in [1.54, 1.807) is 0 Å². The van der Waals surface area contributed by atoms with Crippen LogP contribution in [0.2, 0.25) is 0 Å². The molecule has 1 amide bonds. The summed E-state index contributed by atoms with van der Waals surface area (Å²) in [5, 5.41) is 0. The van der Waals surface area contributed by atoms with Crippen LogP contribution in [0.4, 0.5) is 13.2 Å². The van der Waals surface area contributed by atoms with E-state index >= 15 is 0 Å². The molecular formula is C11H12F3NO6S. The molecule has 0 spiro atoms. The minimum absolute atomic E-state index is 0.214. The predicted molar refractivity (Wildman–Crippen MR) is 64.4 cm³/mol. The largest absolute Gasteiger partial charge is 0.534 e. The molecule has 2 heterocycles. The van der Waals surface area contributed by atoms with E-state index in [2.05, 4.69) is 8.92 Å². The molecule has 0 N–H and O–H groups in total. The molecule has 0 aliphatic carbocycles. The summed E-state index contributed by atoms with van der Waals surface area (Å²) in [5.41, 5.74) is -5.57. The molecule has 0 bridgehead atoms. The van der Waals surface area contributed by atoms with Gasteiger partial charge in [0.1, 0.15) is 11.8 Å². The lowest BCUT2D eigenvalue weighted by molar-refractivity contribution is -0.151. The molecule has 2 atom stereocenters. The number of alkyl halides is 3. The van der Waals surface area contributed by atoms with E-state index in [1.807, 2.05) is 0 Å². The van der Waals surface area contributed by atoms with Crippen molar-refractivity contribution in [1.82, 2.24) is 4.90 Å². The lowest BCUT2D eigenvalue weighted by Gasteiger charge is -2.31. The first kappa shape index (κ1) is 16.6. The molecule has 0 aromatic rings. The summed E-state index contributed by atoms with van der Waals surface area (Å²) in [6.45, 7) is 0. The number of hydrogen-bond donors (Lipinski definition) is 0. The highest BCUT2D eigenvalue weighted by atomic mass is 32.2. The van der Waals surface area contributed by atoms with Crippen LogP contribution in [0, 0.1) is 0 Å². The van der Waals surface area contributed by atoms with Gasteiger partial charge in [-0.05, 0) is 12.8 Å². The van der Waals surface area contributed by atoms with Gasteiger partial charge in [0.05, 0.1) is 7.11 Å². The van der Waals surface area contributed by atoms with Gasteiger partial charge in [-0.15, -0.1) is 0 Å². The number of nitrogens with zero attached hydrogens (tertiary/aromatic N) is 1. The lowest BCUT2D eigenvalue weighted by Crippen LogP contribution is -2.47. The quantitative estimate of drug-likeness (QED) is 0.425. The molecule has 2 aliphatic rings. The van der Waals surface area contributed by atoms with E-state index in [-0.39, 0.29) is 12.8 Å². The molecule has 22 heavy (non-hydrogen) atoms. The number of carbonyl (C=O) groups is 2. The van der Waals surface area contributed by atoms with Crippen LogP contribution in [-0.4, -0.2) is 49.9 Å². The fraction of sp³-hybridized carbons (Fsp3) is 0.636. The van der Waals surface area contributed by atoms with Crippen molar-refractivity contribution < 1.29 is 40.1 Å². The molecule has 0 saturated carbocycles. The zero-order valence-corrected chi connectivity index (χ0v) is 12.1. The highest BCUT2D eigenvalue weighted by Gasteiger charge is 2.50. The Labute approximate surface area is 123 Å². The fourth-order valence-electron chi connectivity index (χ4n) is 2.53. The summed E-state index contributed by atoms with van der Waals surface area (Å²) < 4.78 is 67.3. The van der Waals surface area contributed by atoms with Gasteiger partial charge < -0.3 is 13.8 Å². The molecule has 2 rings (SSSR count). The van der Waals surface area contributed by atoms with Crippen LogP contribution in [0.15, 0.2) is 11.8 Å². The minimum atomic E-state index is -5.81. The molecule has 2 unspecified atom stereocenters. The highest BCUT2D eigenvalue weighted by molar-refractivity contribution is 7.87. The molecule has 0 radical (unpaired) electrons. The van der Waals surface area contributed by atoms with Crippen LogP contribution < -0.4 is 0 Å². The van der Waals surface area contributed by atoms with E-state index in [1.165, 1.54) is 4.90 Å². The third kappa shape index (κ3) is 2.89. The Morgan fingerprint density at radius 3 is 2.55 bits per heavy atom. The first-order valence-electron chi connectivity index (χ1n) is 6.18. The van der Waals surface area contributed by atoms with Crippen LogP contribution in [0.5, 0.6) is 0 Å². The topological polar surface area (TPSA) is 90.0 Å². The van der Waals surface area contributed by atoms with E-state index in [4.69, 9.17) is 0 Å². The van der Waals surface area contributed by atoms with Crippen molar-refractivity contribution >= 4 is 22.0 Å². The Kier molecular flexibility index (Phi) is 4.11. The zero-order valence-electron chi connectivity index (χ0n) is 11.3. The minimum Gasteiger partial charge on any atom is -0.467 e. The maximum absolute atomic E-state index is 12.3. The van der Waals surface area contributed by atoms with Gasteiger partial charge in [-0.3, -0.25) is 4.79 Å². The van der Waals surface area contributed by atoms with E-state index < -0.39 is 45.3 Å². The number of ether oxygens (including phenoxy) is 1. The molecule has 2 aliphatic heterocycles. The average Bonchev–Trinajstić information content (AvgIpc) is 2.80. The Balaban J connectivity index is 2.19. The van der Waals surface area contributed by atoms with Gasteiger partial charge in [0.15, 0.2) is 0 Å². The molecule has 1 saturated heterocycles. The Morgan fingerprint density at radius 2 is 2.00 bits per heavy atom. The molecule has 7 nitrogen and oxygen atoms in total. The summed E-state index contributed by atoms with van der Waals surface area (Å²) in [6.07, 6.45) is 1.06. The SMILES string of the molecule is COC(=O)C1CCC2CC(OS(=O)(=O)C(F)(F)F)=CC(=O)N21. The van der Waals surface area contributed by atoms with Gasteiger partial charge in [0, 0.05) is 18.5 Å². The van der Waals surface area contributed by atoms with Gasteiger partial charge in [-0.25, -0.2) is 4.79 Å². The van der Waals surface area contributed by atoms with Crippen molar-refractivity contribution in [2.45, 2.75) is 36.9 Å². The highest BCUT2D eigenvalue weighted by Crippen LogP contribution is 2.35. The predicted octanol–water partition coefficient (Wildman–Crippen LogP) is 0.673. The molecule has 1 fully saturated rings. The van der Waals surface area contributed by atoms with Crippen LogP contribution >= 0.6 is 0 Å². The second-order valence-corrected chi connectivity index (χ2v) is 6.35. The van der Waals surface area contributed by atoms with E-state index in [0.717, 1.165) is 7.11 Å². The molecule has 0 aromatic carbocycles. The summed E-state index contributed by atoms with van der Waals surface area (Å²) in [6, 6.07) is -1.42. The molecule has 124 valence electrons. The van der Waals surface area contributed by atoms with Gasteiger partial charge in [0.2, 0.25) is 0 Å². The summed E-state index contributed by atoms with van der Waals surface area (Å²) in [4.78, 5) is 24.7. The normalized spacial score (nSPS) is 25.5. The number of amides is 1.